The van der Waals surface area contributed by atoms with Gasteiger partial charge < -0.3 is 20.1 Å². The van der Waals surface area contributed by atoms with Gasteiger partial charge in [0.15, 0.2) is 0 Å². The Morgan fingerprint density at radius 3 is 2.62 bits per heavy atom. The van der Waals surface area contributed by atoms with Crippen LogP contribution in [0.15, 0.2) is 53.3 Å². The lowest BCUT2D eigenvalue weighted by Gasteiger charge is -2.14. The number of para-hydroxylation sites is 2. The molecular formula is C18H16N2O4. The number of H-pyrrole nitrogens is 1. The monoisotopic (exact) mass is 324 g/mol. The molecule has 3 N–H and O–H groups in total. The van der Waals surface area contributed by atoms with E-state index in [1.165, 1.54) is 0 Å². The molecule has 0 bridgehead atoms. The molecule has 0 saturated heterocycles. The number of methoxy groups -OCH3 is 1. The van der Waals surface area contributed by atoms with E-state index >= 15 is 0 Å². The first-order valence-corrected chi connectivity index (χ1v) is 7.36. The van der Waals surface area contributed by atoms with Crippen LogP contribution in [-0.2, 0) is 6.54 Å². The summed E-state index contributed by atoms with van der Waals surface area (Å²) in [6.07, 6.45) is 0. The van der Waals surface area contributed by atoms with Crippen molar-refractivity contribution in [2.24, 2.45) is 0 Å². The van der Waals surface area contributed by atoms with E-state index in [1.807, 2.05) is 24.3 Å². The lowest BCUT2D eigenvalue weighted by Crippen LogP contribution is -2.21. The van der Waals surface area contributed by atoms with E-state index in [-0.39, 0.29) is 5.56 Å². The first kappa shape index (κ1) is 15.6. The van der Waals surface area contributed by atoms with Gasteiger partial charge >= 0.3 is 5.97 Å². The molecule has 0 aliphatic rings. The van der Waals surface area contributed by atoms with Crippen molar-refractivity contribution >= 4 is 22.6 Å². The van der Waals surface area contributed by atoms with E-state index in [0.717, 1.165) is 5.56 Å². The minimum Gasteiger partial charge on any atom is -0.496 e. The number of aromatic nitrogens is 1. The van der Waals surface area contributed by atoms with Crippen molar-refractivity contribution in [3.05, 3.63) is 70.0 Å². The number of fused-ring (bicyclic) bond motifs is 1. The predicted molar refractivity (Wildman–Crippen MR) is 91.8 cm³/mol. The maximum absolute atomic E-state index is 12.1. The molecule has 6 nitrogen and oxygen atoms in total. The number of carbonyl (C=O) groups is 1. The summed E-state index contributed by atoms with van der Waals surface area (Å²) in [6, 6.07) is 14.5. The van der Waals surface area contributed by atoms with Gasteiger partial charge in [-0.25, -0.2) is 4.79 Å². The Kier molecular flexibility index (Phi) is 4.20. The number of benzene rings is 2. The molecule has 0 spiro atoms. The molecular weight excluding hydrogens is 308 g/mol. The van der Waals surface area contributed by atoms with Gasteiger partial charge in [-0.1, -0.05) is 36.4 Å². The summed E-state index contributed by atoms with van der Waals surface area (Å²) >= 11 is 0. The fourth-order valence-corrected chi connectivity index (χ4v) is 2.66. The van der Waals surface area contributed by atoms with Crippen LogP contribution in [0.2, 0.25) is 0 Å². The average molecular weight is 324 g/mol. The van der Waals surface area contributed by atoms with Crippen molar-refractivity contribution in [2.75, 3.05) is 12.4 Å². The number of pyridine rings is 1. The van der Waals surface area contributed by atoms with E-state index in [1.54, 1.807) is 31.4 Å². The van der Waals surface area contributed by atoms with Crippen molar-refractivity contribution < 1.29 is 14.6 Å². The molecule has 0 fully saturated rings. The number of nitrogens with one attached hydrogen (secondary N) is 2. The van der Waals surface area contributed by atoms with Crippen molar-refractivity contribution in [3.63, 3.8) is 0 Å². The van der Waals surface area contributed by atoms with Crippen LogP contribution in [0.4, 0.5) is 5.69 Å². The van der Waals surface area contributed by atoms with Crippen molar-refractivity contribution in [2.45, 2.75) is 6.54 Å². The summed E-state index contributed by atoms with van der Waals surface area (Å²) in [7, 11) is 1.57. The van der Waals surface area contributed by atoms with Gasteiger partial charge in [0.05, 0.1) is 18.3 Å². The number of aromatic carboxylic acids is 1. The Hall–Kier alpha value is -3.28. The molecule has 0 amide bonds. The second-order valence-electron chi connectivity index (χ2n) is 5.22. The second kappa shape index (κ2) is 6.45. The Balaban J connectivity index is 2.09. The maximum atomic E-state index is 12.1. The fourth-order valence-electron chi connectivity index (χ4n) is 2.66. The lowest BCUT2D eigenvalue weighted by atomic mass is 10.1. The van der Waals surface area contributed by atoms with Gasteiger partial charge in [0.25, 0.3) is 5.56 Å². The molecule has 6 heteroatoms. The zero-order valence-electron chi connectivity index (χ0n) is 13.0. The van der Waals surface area contributed by atoms with E-state index in [4.69, 9.17) is 4.74 Å². The third-order valence-electron chi connectivity index (χ3n) is 3.78. The third kappa shape index (κ3) is 2.81. The predicted octanol–water partition coefficient (Wildman–Crippen LogP) is 2.85. The summed E-state index contributed by atoms with van der Waals surface area (Å²) < 4.78 is 5.30. The number of ether oxygens (including phenoxy) is 1. The zero-order valence-corrected chi connectivity index (χ0v) is 13.0. The van der Waals surface area contributed by atoms with Gasteiger partial charge in [0.2, 0.25) is 0 Å². The maximum Gasteiger partial charge on any atom is 0.343 e. The second-order valence-corrected chi connectivity index (χ2v) is 5.22. The minimum atomic E-state index is -1.27. The highest BCUT2D eigenvalue weighted by Gasteiger charge is 2.18. The Labute approximate surface area is 137 Å². The topological polar surface area (TPSA) is 91.4 Å². The summed E-state index contributed by atoms with van der Waals surface area (Å²) in [4.78, 5) is 26.3. The molecule has 0 aliphatic heterocycles. The van der Waals surface area contributed by atoms with E-state index in [9.17, 15) is 14.7 Å². The number of anilines is 1. The molecule has 24 heavy (non-hydrogen) atoms. The molecule has 2 aromatic carbocycles. The first-order chi connectivity index (χ1) is 11.6. The molecule has 122 valence electrons. The largest absolute Gasteiger partial charge is 0.496 e. The highest BCUT2D eigenvalue weighted by atomic mass is 16.5. The number of carboxylic acids is 1. The lowest BCUT2D eigenvalue weighted by molar-refractivity contribution is 0.0696. The molecule has 3 aromatic rings. The van der Waals surface area contributed by atoms with Gasteiger partial charge in [-0.15, -0.1) is 0 Å². The van der Waals surface area contributed by atoms with Crippen LogP contribution >= 0.6 is 0 Å². The van der Waals surface area contributed by atoms with Gasteiger partial charge in [-0.3, -0.25) is 4.79 Å². The van der Waals surface area contributed by atoms with Gasteiger partial charge in [-0.2, -0.15) is 0 Å². The minimum absolute atomic E-state index is 0.299. The normalized spacial score (nSPS) is 10.5. The smallest absolute Gasteiger partial charge is 0.343 e. The number of rotatable bonds is 5. The molecule has 0 radical (unpaired) electrons. The van der Waals surface area contributed by atoms with Crippen LogP contribution < -0.4 is 15.6 Å². The average Bonchev–Trinajstić information content (AvgIpc) is 2.59. The molecule has 0 atom stereocenters. The van der Waals surface area contributed by atoms with Crippen LogP contribution in [0, 0.1) is 0 Å². The van der Waals surface area contributed by atoms with E-state index in [2.05, 4.69) is 10.3 Å². The van der Waals surface area contributed by atoms with Gasteiger partial charge in [0.1, 0.15) is 11.3 Å². The summed E-state index contributed by atoms with van der Waals surface area (Å²) in [6.45, 7) is 0.331. The van der Waals surface area contributed by atoms with Crippen LogP contribution in [0.1, 0.15) is 15.9 Å². The van der Waals surface area contributed by atoms with E-state index < -0.39 is 11.5 Å². The molecule has 0 unspecified atom stereocenters. The summed E-state index contributed by atoms with van der Waals surface area (Å²) in [5, 5.41) is 13.2. The Morgan fingerprint density at radius 2 is 1.88 bits per heavy atom. The van der Waals surface area contributed by atoms with Crippen molar-refractivity contribution in [1.29, 1.82) is 0 Å². The zero-order chi connectivity index (χ0) is 17.1. The number of aromatic amines is 1. The number of hydrogen-bond acceptors (Lipinski definition) is 4. The number of hydrogen-bond donors (Lipinski definition) is 3. The molecule has 3 rings (SSSR count). The Bertz CT molecular complexity index is 963. The van der Waals surface area contributed by atoms with E-state index in [0.29, 0.717) is 28.9 Å². The van der Waals surface area contributed by atoms with Gasteiger partial charge in [-0.05, 0) is 12.1 Å². The van der Waals surface area contributed by atoms with Crippen LogP contribution in [0.25, 0.3) is 10.9 Å². The number of carboxylic acid groups (broad SMARTS) is 1. The van der Waals surface area contributed by atoms with Crippen molar-refractivity contribution in [3.8, 4) is 5.75 Å². The molecule has 1 heterocycles. The molecule has 0 saturated carbocycles. The van der Waals surface area contributed by atoms with Crippen LogP contribution in [0.5, 0.6) is 5.75 Å². The summed E-state index contributed by atoms with van der Waals surface area (Å²) in [5.41, 5.74) is 0.802. The van der Waals surface area contributed by atoms with Crippen LogP contribution in [0.3, 0.4) is 0 Å². The molecule has 0 aliphatic carbocycles. The standard InChI is InChI=1S/C18H16N2O4/c1-24-14-9-5-2-6-11(14)10-19-16-12-7-3-4-8-13(12)20-17(21)15(16)18(22)23/h2-9H,10H2,1H3,(H,22,23)(H2,19,20,21). The highest BCUT2D eigenvalue weighted by Crippen LogP contribution is 2.26. The third-order valence-corrected chi connectivity index (χ3v) is 3.78. The summed E-state index contributed by atoms with van der Waals surface area (Å²) in [5.74, 6) is -0.583. The highest BCUT2D eigenvalue weighted by molar-refractivity contribution is 6.04. The molecule has 1 aromatic heterocycles. The Morgan fingerprint density at radius 1 is 1.17 bits per heavy atom. The van der Waals surface area contributed by atoms with Gasteiger partial charge in [0, 0.05) is 17.5 Å². The quantitative estimate of drug-likeness (QED) is 0.671. The SMILES string of the molecule is COc1ccccc1CNc1c(C(=O)O)c(=O)[nH]c2ccccc12. The van der Waals surface area contributed by atoms with Crippen molar-refractivity contribution in [1.82, 2.24) is 4.98 Å². The first-order valence-electron chi connectivity index (χ1n) is 7.36. The fraction of sp³-hybridized carbons (Fsp3) is 0.111. The van der Waals surface area contributed by atoms with Crippen LogP contribution in [-0.4, -0.2) is 23.2 Å².